The van der Waals surface area contributed by atoms with Crippen LogP contribution in [-0.4, -0.2) is 58.2 Å². The van der Waals surface area contributed by atoms with Crippen molar-refractivity contribution in [2.45, 2.75) is 64.5 Å². The van der Waals surface area contributed by atoms with E-state index in [0.29, 0.717) is 38.8 Å². The molecule has 0 saturated carbocycles. The van der Waals surface area contributed by atoms with Crippen LogP contribution in [-0.2, 0) is 14.4 Å². The molecule has 3 amide bonds. The molecule has 0 aliphatic carbocycles. The molecule has 8 nitrogen and oxygen atoms in total. The van der Waals surface area contributed by atoms with Gasteiger partial charge in [-0.05, 0) is 25.7 Å². The lowest BCUT2D eigenvalue weighted by molar-refractivity contribution is -0.152. The van der Waals surface area contributed by atoms with Gasteiger partial charge in [0.05, 0.1) is 5.92 Å². The first-order valence-corrected chi connectivity index (χ1v) is 8.68. The van der Waals surface area contributed by atoms with E-state index in [2.05, 4.69) is 5.32 Å². The Kier molecular flexibility index (Phi) is 8.70. The number of hydroxylamine groups is 1. The molecule has 1 aliphatic heterocycles. The molecule has 0 aromatic heterocycles. The number of likely N-dealkylation sites (tertiary alicyclic amines) is 1. The summed E-state index contributed by atoms with van der Waals surface area (Å²) in [6.07, 6.45) is 2.24. The molecule has 1 rings (SSSR count). The van der Waals surface area contributed by atoms with Gasteiger partial charge in [0.15, 0.2) is 0 Å². The smallest absolute Gasteiger partial charge is 0.272 e. The number of rotatable bonds is 9. The third kappa shape index (κ3) is 5.17. The zero-order valence-corrected chi connectivity index (χ0v) is 14.5. The van der Waals surface area contributed by atoms with Gasteiger partial charge < -0.3 is 15.3 Å². The molecule has 3 unspecified atom stereocenters. The van der Waals surface area contributed by atoms with Crippen LogP contribution in [0.3, 0.4) is 0 Å². The van der Waals surface area contributed by atoms with Gasteiger partial charge in [-0.25, -0.2) is 5.48 Å². The van der Waals surface area contributed by atoms with E-state index >= 15 is 0 Å². The average molecular weight is 343 g/mol. The molecule has 0 bridgehead atoms. The standard InChI is InChI=1S/C16H29N3O5/c1-3-5-7-11(13(20)15(22)18-24)16(23)19-10-6-8-12(19)14(21)17-9-4-2/h11-13,20,24H,3-10H2,1-2H3,(H,17,21)(H,18,22). The second kappa shape index (κ2) is 10.2. The van der Waals surface area contributed by atoms with Crippen molar-refractivity contribution in [1.82, 2.24) is 15.7 Å². The van der Waals surface area contributed by atoms with Crippen molar-refractivity contribution < 1.29 is 24.7 Å². The molecular formula is C16H29N3O5. The fourth-order valence-electron chi connectivity index (χ4n) is 2.97. The summed E-state index contributed by atoms with van der Waals surface area (Å²) in [7, 11) is 0. The van der Waals surface area contributed by atoms with Gasteiger partial charge in [-0.1, -0.05) is 26.7 Å². The van der Waals surface area contributed by atoms with Crippen molar-refractivity contribution in [3.8, 4) is 0 Å². The molecule has 0 aromatic rings. The Morgan fingerprint density at radius 2 is 1.96 bits per heavy atom. The summed E-state index contributed by atoms with van der Waals surface area (Å²) in [5.74, 6) is -2.57. The topological polar surface area (TPSA) is 119 Å². The van der Waals surface area contributed by atoms with E-state index in [1.165, 1.54) is 10.4 Å². The summed E-state index contributed by atoms with van der Waals surface area (Å²) >= 11 is 0. The van der Waals surface area contributed by atoms with E-state index < -0.39 is 29.9 Å². The Balaban J connectivity index is 2.86. The van der Waals surface area contributed by atoms with Crippen molar-refractivity contribution in [2.75, 3.05) is 13.1 Å². The predicted molar refractivity (Wildman–Crippen MR) is 87.0 cm³/mol. The van der Waals surface area contributed by atoms with Crippen molar-refractivity contribution in [3.05, 3.63) is 0 Å². The van der Waals surface area contributed by atoms with Crippen LogP contribution in [0, 0.1) is 5.92 Å². The lowest BCUT2D eigenvalue weighted by Crippen LogP contribution is -2.51. The van der Waals surface area contributed by atoms with Gasteiger partial charge in [0.25, 0.3) is 5.91 Å². The Hall–Kier alpha value is -1.67. The second-order valence-corrected chi connectivity index (χ2v) is 6.15. The zero-order chi connectivity index (χ0) is 18.1. The molecule has 1 aliphatic rings. The van der Waals surface area contributed by atoms with Crippen molar-refractivity contribution in [2.24, 2.45) is 5.92 Å². The monoisotopic (exact) mass is 343 g/mol. The predicted octanol–water partition coefficient (Wildman–Crippen LogP) is 0.176. The first-order valence-electron chi connectivity index (χ1n) is 8.68. The number of hydrogen-bond donors (Lipinski definition) is 4. The highest BCUT2D eigenvalue weighted by atomic mass is 16.5. The first kappa shape index (κ1) is 20.4. The number of aliphatic hydroxyl groups is 1. The summed E-state index contributed by atoms with van der Waals surface area (Å²) in [5, 5.41) is 21.6. The number of carbonyl (C=O) groups is 3. The van der Waals surface area contributed by atoms with Crippen LogP contribution >= 0.6 is 0 Å². The molecule has 0 aromatic carbocycles. The Bertz CT molecular complexity index is 443. The number of carbonyl (C=O) groups excluding carboxylic acids is 3. The van der Waals surface area contributed by atoms with Crippen LogP contribution in [0.1, 0.15) is 52.4 Å². The van der Waals surface area contributed by atoms with Gasteiger partial charge in [0, 0.05) is 13.1 Å². The highest BCUT2D eigenvalue weighted by molar-refractivity contribution is 5.92. The SMILES string of the molecule is CCCCC(C(=O)N1CCCC1C(=O)NCCC)C(O)C(=O)NO. The summed E-state index contributed by atoms with van der Waals surface area (Å²) in [6, 6.07) is -0.558. The van der Waals surface area contributed by atoms with E-state index in [-0.39, 0.29) is 5.91 Å². The Labute approximate surface area is 142 Å². The van der Waals surface area contributed by atoms with Crippen LogP contribution in [0.5, 0.6) is 0 Å². The fraction of sp³-hybridized carbons (Fsp3) is 0.812. The summed E-state index contributed by atoms with van der Waals surface area (Å²) in [6.45, 7) is 4.87. The molecule has 1 fully saturated rings. The molecule has 3 atom stereocenters. The number of hydrogen-bond acceptors (Lipinski definition) is 5. The van der Waals surface area contributed by atoms with Crippen LogP contribution in [0.25, 0.3) is 0 Å². The van der Waals surface area contributed by atoms with Crippen molar-refractivity contribution in [1.29, 1.82) is 0 Å². The maximum atomic E-state index is 12.8. The van der Waals surface area contributed by atoms with Gasteiger partial charge in [-0.3, -0.25) is 19.6 Å². The Morgan fingerprint density at radius 3 is 2.54 bits per heavy atom. The first-order chi connectivity index (χ1) is 11.5. The third-order valence-corrected chi connectivity index (χ3v) is 4.33. The Morgan fingerprint density at radius 1 is 1.25 bits per heavy atom. The molecule has 0 spiro atoms. The van der Waals surface area contributed by atoms with E-state index in [0.717, 1.165) is 12.8 Å². The van der Waals surface area contributed by atoms with Crippen molar-refractivity contribution >= 4 is 17.7 Å². The average Bonchev–Trinajstić information content (AvgIpc) is 3.08. The lowest BCUT2D eigenvalue weighted by atomic mass is 9.93. The molecule has 1 saturated heterocycles. The van der Waals surface area contributed by atoms with Crippen LogP contribution in [0.4, 0.5) is 0 Å². The zero-order valence-electron chi connectivity index (χ0n) is 14.5. The summed E-state index contributed by atoms with van der Waals surface area (Å²) in [5.41, 5.74) is 1.39. The number of nitrogens with zero attached hydrogens (tertiary/aromatic N) is 1. The number of amides is 3. The van der Waals surface area contributed by atoms with Gasteiger partial charge >= 0.3 is 0 Å². The highest BCUT2D eigenvalue weighted by Crippen LogP contribution is 2.24. The second-order valence-electron chi connectivity index (χ2n) is 6.15. The highest BCUT2D eigenvalue weighted by Gasteiger charge is 2.40. The maximum Gasteiger partial charge on any atom is 0.272 e. The van der Waals surface area contributed by atoms with Crippen LogP contribution in [0.15, 0.2) is 0 Å². The minimum Gasteiger partial charge on any atom is -0.382 e. The fourth-order valence-corrected chi connectivity index (χ4v) is 2.97. The van der Waals surface area contributed by atoms with E-state index in [4.69, 9.17) is 5.21 Å². The largest absolute Gasteiger partial charge is 0.382 e. The molecule has 1 heterocycles. The molecule has 8 heteroatoms. The van der Waals surface area contributed by atoms with E-state index in [1.54, 1.807) is 0 Å². The van der Waals surface area contributed by atoms with Crippen LogP contribution < -0.4 is 10.8 Å². The van der Waals surface area contributed by atoms with E-state index in [1.807, 2.05) is 13.8 Å². The quantitative estimate of drug-likeness (QED) is 0.352. The maximum absolute atomic E-state index is 12.8. The minimum atomic E-state index is -1.63. The minimum absolute atomic E-state index is 0.196. The van der Waals surface area contributed by atoms with Crippen LogP contribution in [0.2, 0.25) is 0 Å². The number of unbranched alkanes of at least 4 members (excludes halogenated alkanes) is 1. The number of nitrogens with one attached hydrogen (secondary N) is 2. The summed E-state index contributed by atoms with van der Waals surface area (Å²) in [4.78, 5) is 38.0. The van der Waals surface area contributed by atoms with Crippen molar-refractivity contribution in [3.63, 3.8) is 0 Å². The molecular weight excluding hydrogens is 314 g/mol. The molecule has 138 valence electrons. The molecule has 4 N–H and O–H groups in total. The molecule has 0 radical (unpaired) electrons. The normalized spacial score (nSPS) is 19.7. The van der Waals surface area contributed by atoms with E-state index in [9.17, 15) is 19.5 Å². The molecule has 24 heavy (non-hydrogen) atoms. The van der Waals surface area contributed by atoms with Gasteiger partial charge in [0.2, 0.25) is 11.8 Å². The van der Waals surface area contributed by atoms with Gasteiger partial charge in [-0.15, -0.1) is 0 Å². The van der Waals surface area contributed by atoms with Gasteiger partial charge in [-0.2, -0.15) is 0 Å². The third-order valence-electron chi connectivity index (χ3n) is 4.33. The van der Waals surface area contributed by atoms with Gasteiger partial charge in [0.1, 0.15) is 12.1 Å². The number of aliphatic hydroxyl groups excluding tert-OH is 1. The lowest BCUT2D eigenvalue weighted by Gasteiger charge is -2.30. The summed E-state index contributed by atoms with van der Waals surface area (Å²) < 4.78 is 0.